The molecule has 2 aliphatic rings. The SMILES string of the molecule is CC1(C)C2CCC1(C)C(OCc1cccc(CN)c1F)C2. The fraction of sp³-hybridized carbons (Fsp3) is 0.667. The highest BCUT2D eigenvalue weighted by Crippen LogP contribution is 2.66. The van der Waals surface area contributed by atoms with Crippen molar-refractivity contribution in [3.8, 4) is 0 Å². The molecule has 2 bridgehead atoms. The van der Waals surface area contributed by atoms with Crippen LogP contribution in [0.4, 0.5) is 4.39 Å². The minimum atomic E-state index is -0.201. The van der Waals surface area contributed by atoms with Gasteiger partial charge >= 0.3 is 0 Å². The Morgan fingerprint density at radius 1 is 1.29 bits per heavy atom. The van der Waals surface area contributed by atoms with Gasteiger partial charge in [0.1, 0.15) is 5.82 Å². The first-order valence-electron chi connectivity index (χ1n) is 7.98. The maximum atomic E-state index is 14.2. The first kappa shape index (κ1) is 15.0. The van der Waals surface area contributed by atoms with Crippen LogP contribution >= 0.6 is 0 Å². The van der Waals surface area contributed by atoms with Gasteiger partial charge in [-0.15, -0.1) is 0 Å². The molecule has 0 aromatic heterocycles. The Balaban J connectivity index is 1.73. The number of halogens is 1. The fourth-order valence-electron chi connectivity index (χ4n) is 4.47. The van der Waals surface area contributed by atoms with Gasteiger partial charge in [0.15, 0.2) is 0 Å². The summed E-state index contributed by atoms with van der Waals surface area (Å²) in [7, 11) is 0. The Labute approximate surface area is 126 Å². The van der Waals surface area contributed by atoms with E-state index in [9.17, 15) is 4.39 Å². The Kier molecular flexibility index (Phi) is 3.61. The maximum absolute atomic E-state index is 14.2. The van der Waals surface area contributed by atoms with E-state index in [0.29, 0.717) is 23.1 Å². The van der Waals surface area contributed by atoms with Gasteiger partial charge in [-0.3, -0.25) is 0 Å². The molecule has 21 heavy (non-hydrogen) atoms. The van der Waals surface area contributed by atoms with Crippen molar-refractivity contribution in [2.24, 2.45) is 22.5 Å². The van der Waals surface area contributed by atoms with E-state index in [1.54, 1.807) is 12.1 Å². The Bertz CT molecular complexity index is 542. The van der Waals surface area contributed by atoms with Gasteiger partial charge in [0, 0.05) is 17.7 Å². The summed E-state index contributed by atoms with van der Waals surface area (Å²) in [6.45, 7) is 7.66. The summed E-state index contributed by atoms with van der Waals surface area (Å²) in [4.78, 5) is 0. The number of ether oxygens (including phenoxy) is 1. The molecular formula is C18H26FNO. The highest BCUT2D eigenvalue weighted by Gasteiger charge is 2.61. The van der Waals surface area contributed by atoms with E-state index in [0.717, 1.165) is 12.3 Å². The number of nitrogens with two attached hydrogens (primary N) is 1. The minimum Gasteiger partial charge on any atom is -0.373 e. The third-order valence-electron chi connectivity index (χ3n) is 6.53. The van der Waals surface area contributed by atoms with Gasteiger partial charge in [-0.1, -0.05) is 39.0 Å². The molecule has 116 valence electrons. The molecule has 0 aliphatic heterocycles. The molecule has 0 radical (unpaired) electrons. The average molecular weight is 291 g/mol. The molecular weight excluding hydrogens is 265 g/mol. The Morgan fingerprint density at radius 3 is 2.57 bits per heavy atom. The van der Waals surface area contributed by atoms with E-state index in [1.165, 1.54) is 12.8 Å². The molecule has 2 fully saturated rings. The summed E-state index contributed by atoms with van der Waals surface area (Å²) in [5, 5.41) is 0. The summed E-state index contributed by atoms with van der Waals surface area (Å²) in [5.41, 5.74) is 7.31. The molecule has 0 amide bonds. The zero-order valence-corrected chi connectivity index (χ0v) is 13.3. The quantitative estimate of drug-likeness (QED) is 0.909. The minimum absolute atomic E-state index is 0.201. The van der Waals surface area contributed by atoms with Gasteiger partial charge in [-0.05, 0) is 36.0 Å². The summed E-state index contributed by atoms with van der Waals surface area (Å²) < 4.78 is 20.4. The van der Waals surface area contributed by atoms with E-state index in [1.807, 2.05) is 6.07 Å². The van der Waals surface area contributed by atoms with E-state index in [-0.39, 0.29) is 23.9 Å². The van der Waals surface area contributed by atoms with Crippen molar-refractivity contribution < 1.29 is 9.13 Å². The van der Waals surface area contributed by atoms with E-state index in [4.69, 9.17) is 10.5 Å². The highest BCUT2D eigenvalue weighted by molar-refractivity contribution is 5.25. The standard InChI is InChI=1S/C18H26FNO/c1-17(2)14-7-8-18(17,3)15(9-14)21-11-13-6-4-5-12(10-20)16(13)19/h4-6,14-15H,7-11,20H2,1-3H3. The number of rotatable bonds is 4. The molecule has 3 rings (SSSR count). The lowest BCUT2D eigenvalue weighted by Gasteiger charge is -2.39. The lowest BCUT2D eigenvalue weighted by Crippen LogP contribution is -2.37. The van der Waals surface area contributed by atoms with E-state index >= 15 is 0 Å². The van der Waals surface area contributed by atoms with Gasteiger partial charge in [0.2, 0.25) is 0 Å². The molecule has 0 heterocycles. The fourth-order valence-corrected chi connectivity index (χ4v) is 4.47. The molecule has 3 atom stereocenters. The summed E-state index contributed by atoms with van der Waals surface area (Å²) in [5.74, 6) is 0.542. The van der Waals surface area contributed by atoms with Crippen LogP contribution in [0.1, 0.15) is 51.2 Å². The van der Waals surface area contributed by atoms with Crippen molar-refractivity contribution in [3.63, 3.8) is 0 Å². The van der Waals surface area contributed by atoms with Crippen LogP contribution in [0.5, 0.6) is 0 Å². The van der Waals surface area contributed by atoms with Crippen LogP contribution < -0.4 is 5.73 Å². The number of hydrogen-bond donors (Lipinski definition) is 1. The summed E-state index contributed by atoms with van der Waals surface area (Å²) in [6.07, 6.45) is 3.88. The van der Waals surface area contributed by atoms with Crippen molar-refractivity contribution in [3.05, 3.63) is 35.1 Å². The Morgan fingerprint density at radius 2 is 2.00 bits per heavy atom. The zero-order valence-electron chi connectivity index (χ0n) is 13.3. The number of hydrogen-bond acceptors (Lipinski definition) is 2. The summed E-state index contributed by atoms with van der Waals surface area (Å²) >= 11 is 0. The van der Waals surface area contributed by atoms with Crippen molar-refractivity contribution in [2.45, 2.75) is 59.3 Å². The van der Waals surface area contributed by atoms with Gasteiger partial charge in [0.25, 0.3) is 0 Å². The number of fused-ring (bicyclic) bond motifs is 2. The molecule has 3 unspecified atom stereocenters. The molecule has 0 saturated heterocycles. The second-order valence-corrected chi connectivity index (χ2v) is 7.50. The van der Waals surface area contributed by atoms with Crippen LogP contribution in [-0.4, -0.2) is 6.10 Å². The first-order chi connectivity index (χ1) is 9.90. The molecule has 2 aliphatic carbocycles. The average Bonchev–Trinajstić information content (AvgIpc) is 2.79. The van der Waals surface area contributed by atoms with Crippen molar-refractivity contribution in [2.75, 3.05) is 0 Å². The lowest BCUT2D eigenvalue weighted by atomic mass is 9.70. The molecule has 2 saturated carbocycles. The monoisotopic (exact) mass is 291 g/mol. The van der Waals surface area contributed by atoms with Crippen LogP contribution in [0.2, 0.25) is 0 Å². The van der Waals surface area contributed by atoms with Crippen LogP contribution in [0.15, 0.2) is 18.2 Å². The van der Waals surface area contributed by atoms with Crippen molar-refractivity contribution in [1.82, 2.24) is 0 Å². The highest BCUT2D eigenvalue weighted by atomic mass is 19.1. The molecule has 3 heteroatoms. The van der Waals surface area contributed by atoms with E-state index < -0.39 is 0 Å². The third-order valence-corrected chi connectivity index (χ3v) is 6.53. The van der Waals surface area contributed by atoms with Gasteiger partial charge in [-0.2, -0.15) is 0 Å². The molecule has 2 N–H and O–H groups in total. The topological polar surface area (TPSA) is 35.2 Å². The normalized spacial score (nSPS) is 33.6. The second kappa shape index (κ2) is 5.06. The van der Waals surface area contributed by atoms with Crippen LogP contribution in [0.25, 0.3) is 0 Å². The van der Waals surface area contributed by atoms with Gasteiger partial charge < -0.3 is 10.5 Å². The second-order valence-electron chi connectivity index (χ2n) is 7.50. The molecule has 1 aromatic carbocycles. The molecule has 2 nitrogen and oxygen atoms in total. The largest absolute Gasteiger partial charge is 0.373 e. The van der Waals surface area contributed by atoms with Crippen LogP contribution in [0, 0.1) is 22.6 Å². The van der Waals surface area contributed by atoms with Crippen LogP contribution in [-0.2, 0) is 17.9 Å². The third kappa shape index (κ3) is 2.13. The maximum Gasteiger partial charge on any atom is 0.133 e. The van der Waals surface area contributed by atoms with E-state index in [2.05, 4.69) is 20.8 Å². The van der Waals surface area contributed by atoms with Crippen LogP contribution in [0.3, 0.4) is 0 Å². The summed E-state index contributed by atoms with van der Waals surface area (Å²) in [6, 6.07) is 5.40. The predicted octanol–water partition coefficient (Wildman–Crippen LogP) is 4.02. The van der Waals surface area contributed by atoms with Crippen molar-refractivity contribution >= 4 is 0 Å². The van der Waals surface area contributed by atoms with Gasteiger partial charge in [-0.25, -0.2) is 4.39 Å². The smallest absolute Gasteiger partial charge is 0.133 e. The van der Waals surface area contributed by atoms with Crippen molar-refractivity contribution in [1.29, 1.82) is 0 Å². The van der Waals surface area contributed by atoms with Gasteiger partial charge in [0.05, 0.1) is 12.7 Å². The predicted molar refractivity (Wildman–Crippen MR) is 82.1 cm³/mol. The lowest BCUT2D eigenvalue weighted by molar-refractivity contribution is -0.0557. The molecule has 0 spiro atoms. The molecule has 1 aromatic rings. The first-order valence-corrected chi connectivity index (χ1v) is 7.98. The number of benzene rings is 1. The zero-order chi connectivity index (χ0) is 15.3. The Hall–Kier alpha value is -0.930.